The average molecular weight is 288 g/mol. The van der Waals surface area contributed by atoms with Crippen LogP contribution in [0.3, 0.4) is 0 Å². The summed E-state index contributed by atoms with van der Waals surface area (Å²) in [6.07, 6.45) is 3.64. The lowest BCUT2D eigenvalue weighted by Gasteiger charge is -2.11. The highest BCUT2D eigenvalue weighted by molar-refractivity contribution is 5.93. The van der Waals surface area contributed by atoms with Gasteiger partial charge >= 0.3 is 0 Å². The molecule has 0 aromatic carbocycles. The van der Waals surface area contributed by atoms with E-state index >= 15 is 0 Å². The van der Waals surface area contributed by atoms with Gasteiger partial charge in [0.2, 0.25) is 0 Å². The summed E-state index contributed by atoms with van der Waals surface area (Å²) in [5.41, 5.74) is 0.504. The monoisotopic (exact) mass is 288 g/mol. The van der Waals surface area contributed by atoms with E-state index in [1.165, 1.54) is 0 Å². The van der Waals surface area contributed by atoms with Crippen molar-refractivity contribution in [1.29, 1.82) is 0 Å². The number of aromatic amines is 1. The number of imidazole rings is 1. The number of nitrogens with one attached hydrogen (secondary N) is 2. The van der Waals surface area contributed by atoms with Gasteiger partial charge in [0.1, 0.15) is 11.4 Å². The minimum absolute atomic E-state index is 0.135. The molecule has 0 aliphatic carbocycles. The Balaban J connectivity index is 1.95. The van der Waals surface area contributed by atoms with Gasteiger partial charge in [0, 0.05) is 37.1 Å². The Bertz CT molecular complexity index is 685. The van der Waals surface area contributed by atoms with Crippen molar-refractivity contribution in [2.45, 2.75) is 33.2 Å². The summed E-state index contributed by atoms with van der Waals surface area (Å²) in [4.78, 5) is 30.6. The number of carbonyl (C=O) groups is 1. The smallest absolute Gasteiger partial charge is 0.260 e. The van der Waals surface area contributed by atoms with Gasteiger partial charge in [-0.15, -0.1) is 0 Å². The first kappa shape index (κ1) is 15.0. The molecule has 2 aromatic heterocycles. The predicted molar refractivity (Wildman–Crippen MR) is 80.4 cm³/mol. The Hall–Kier alpha value is -2.37. The average Bonchev–Trinajstić information content (AvgIpc) is 2.87. The zero-order valence-corrected chi connectivity index (χ0v) is 12.5. The topological polar surface area (TPSA) is 79.8 Å². The fourth-order valence-corrected chi connectivity index (χ4v) is 2.15. The number of aromatic nitrogens is 3. The largest absolute Gasteiger partial charge is 0.350 e. The second kappa shape index (κ2) is 6.39. The van der Waals surface area contributed by atoms with Crippen molar-refractivity contribution < 1.29 is 4.79 Å². The second-order valence-corrected chi connectivity index (χ2v) is 5.27. The molecular formula is C15H20N4O2. The molecular weight excluding hydrogens is 268 g/mol. The van der Waals surface area contributed by atoms with Crippen molar-refractivity contribution in [3.8, 4) is 0 Å². The molecule has 0 saturated heterocycles. The highest BCUT2D eigenvalue weighted by atomic mass is 16.2. The normalized spacial score (nSPS) is 10.9. The number of carbonyl (C=O) groups excluding carboxylic acids is 1. The molecule has 2 heterocycles. The molecule has 0 aliphatic heterocycles. The maximum absolute atomic E-state index is 12.0. The molecule has 0 unspecified atom stereocenters. The number of aryl methyl sites for hydroxylation is 1. The molecule has 0 saturated carbocycles. The van der Waals surface area contributed by atoms with Crippen LogP contribution in [0.15, 0.2) is 29.3 Å². The standard InChI is InChI=1S/C15H20N4O2/c1-10(2)13-16-6-8-19(13)9-7-17-14(20)12-5-4-11(3)18-15(12)21/h4-6,8,10H,7,9H2,1-3H3,(H,17,20)(H,18,21). The van der Waals surface area contributed by atoms with Crippen LogP contribution < -0.4 is 10.9 Å². The minimum atomic E-state index is -0.363. The van der Waals surface area contributed by atoms with Gasteiger partial charge in [0.15, 0.2) is 0 Å². The molecule has 21 heavy (non-hydrogen) atoms. The Morgan fingerprint density at radius 2 is 2.19 bits per heavy atom. The molecule has 6 nitrogen and oxygen atoms in total. The Morgan fingerprint density at radius 1 is 1.43 bits per heavy atom. The summed E-state index contributed by atoms with van der Waals surface area (Å²) >= 11 is 0. The first-order chi connectivity index (χ1) is 9.99. The molecule has 0 fully saturated rings. The number of amides is 1. The Kier molecular flexibility index (Phi) is 4.57. The van der Waals surface area contributed by atoms with Crippen molar-refractivity contribution in [2.24, 2.45) is 0 Å². The first-order valence-electron chi connectivity index (χ1n) is 6.98. The maximum Gasteiger partial charge on any atom is 0.260 e. The van der Waals surface area contributed by atoms with Gasteiger partial charge in [-0.05, 0) is 19.1 Å². The Labute approximate surface area is 123 Å². The Morgan fingerprint density at radius 3 is 2.86 bits per heavy atom. The van der Waals surface area contributed by atoms with Gasteiger partial charge in [-0.2, -0.15) is 0 Å². The summed E-state index contributed by atoms with van der Waals surface area (Å²) in [5.74, 6) is 0.954. The van der Waals surface area contributed by atoms with E-state index < -0.39 is 0 Å². The SMILES string of the molecule is Cc1ccc(C(=O)NCCn2ccnc2C(C)C)c(=O)[nH]1. The van der Waals surface area contributed by atoms with Gasteiger partial charge < -0.3 is 14.9 Å². The molecule has 0 radical (unpaired) electrons. The number of nitrogens with zero attached hydrogens (tertiary/aromatic N) is 2. The zero-order chi connectivity index (χ0) is 15.4. The first-order valence-corrected chi connectivity index (χ1v) is 6.98. The van der Waals surface area contributed by atoms with Crippen LogP contribution in [-0.2, 0) is 6.54 Å². The summed E-state index contributed by atoms with van der Waals surface area (Å²) in [6.45, 7) is 6.99. The number of hydrogen-bond donors (Lipinski definition) is 2. The van der Waals surface area contributed by atoms with E-state index in [2.05, 4.69) is 29.1 Å². The van der Waals surface area contributed by atoms with Crippen molar-refractivity contribution in [1.82, 2.24) is 19.9 Å². The third-order valence-electron chi connectivity index (χ3n) is 3.20. The molecule has 2 aromatic rings. The lowest BCUT2D eigenvalue weighted by molar-refractivity contribution is 0.0950. The van der Waals surface area contributed by atoms with Crippen LogP contribution >= 0.6 is 0 Å². The molecule has 0 atom stereocenters. The molecule has 6 heteroatoms. The van der Waals surface area contributed by atoms with Crippen LogP contribution in [0, 0.1) is 6.92 Å². The lowest BCUT2D eigenvalue weighted by Crippen LogP contribution is -2.32. The molecule has 2 rings (SSSR count). The van der Waals surface area contributed by atoms with Crippen LogP contribution in [0.2, 0.25) is 0 Å². The van der Waals surface area contributed by atoms with Crippen LogP contribution in [0.4, 0.5) is 0 Å². The highest BCUT2D eigenvalue weighted by Gasteiger charge is 2.11. The van der Waals surface area contributed by atoms with Gasteiger partial charge in [-0.3, -0.25) is 9.59 Å². The third-order valence-corrected chi connectivity index (χ3v) is 3.20. The lowest BCUT2D eigenvalue weighted by atomic mass is 10.2. The fourth-order valence-electron chi connectivity index (χ4n) is 2.15. The van der Waals surface area contributed by atoms with E-state index in [9.17, 15) is 9.59 Å². The van der Waals surface area contributed by atoms with Crippen molar-refractivity contribution in [3.63, 3.8) is 0 Å². The van der Waals surface area contributed by atoms with E-state index in [0.717, 1.165) is 11.5 Å². The molecule has 0 aliphatic rings. The molecule has 0 bridgehead atoms. The number of rotatable bonds is 5. The summed E-state index contributed by atoms with van der Waals surface area (Å²) in [6, 6.07) is 3.25. The van der Waals surface area contributed by atoms with E-state index in [0.29, 0.717) is 19.0 Å². The van der Waals surface area contributed by atoms with Crippen molar-refractivity contribution in [2.75, 3.05) is 6.54 Å². The van der Waals surface area contributed by atoms with E-state index in [4.69, 9.17) is 0 Å². The quantitative estimate of drug-likeness (QED) is 0.873. The fraction of sp³-hybridized carbons (Fsp3) is 0.400. The van der Waals surface area contributed by atoms with Crippen LogP contribution in [0.25, 0.3) is 0 Å². The van der Waals surface area contributed by atoms with Gasteiger partial charge in [0.25, 0.3) is 11.5 Å². The van der Waals surface area contributed by atoms with E-state index in [1.54, 1.807) is 25.3 Å². The highest BCUT2D eigenvalue weighted by Crippen LogP contribution is 2.10. The number of pyridine rings is 1. The summed E-state index contributed by atoms with van der Waals surface area (Å²) in [5, 5.41) is 2.76. The number of hydrogen-bond acceptors (Lipinski definition) is 3. The van der Waals surface area contributed by atoms with Crippen LogP contribution in [0.5, 0.6) is 0 Å². The second-order valence-electron chi connectivity index (χ2n) is 5.27. The summed E-state index contributed by atoms with van der Waals surface area (Å²) < 4.78 is 2.00. The molecule has 0 spiro atoms. The molecule has 1 amide bonds. The van der Waals surface area contributed by atoms with E-state index in [-0.39, 0.29) is 17.0 Å². The minimum Gasteiger partial charge on any atom is -0.350 e. The van der Waals surface area contributed by atoms with Crippen molar-refractivity contribution in [3.05, 3.63) is 52.0 Å². The maximum atomic E-state index is 12.0. The van der Waals surface area contributed by atoms with E-state index in [1.807, 2.05) is 10.8 Å². The van der Waals surface area contributed by atoms with Crippen LogP contribution in [-0.4, -0.2) is 27.0 Å². The van der Waals surface area contributed by atoms with Crippen molar-refractivity contribution >= 4 is 5.91 Å². The van der Waals surface area contributed by atoms with Gasteiger partial charge in [0.05, 0.1) is 0 Å². The molecule has 112 valence electrons. The predicted octanol–water partition coefficient (Wildman–Crippen LogP) is 1.43. The van der Waals surface area contributed by atoms with Crippen LogP contribution in [0.1, 0.15) is 41.6 Å². The van der Waals surface area contributed by atoms with Gasteiger partial charge in [-0.25, -0.2) is 4.98 Å². The zero-order valence-electron chi connectivity index (χ0n) is 12.5. The number of H-pyrrole nitrogens is 1. The molecule has 2 N–H and O–H groups in total. The van der Waals surface area contributed by atoms with Gasteiger partial charge in [-0.1, -0.05) is 13.8 Å². The third kappa shape index (κ3) is 3.59. The summed E-state index contributed by atoms with van der Waals surface area (Å²) in [7, 11) is 0.